The summed E-state index contributed by atoms with van der Waals surface area (Å²) in [7, 11) is 2.00. The van der Waals surface area contributed by atoms with E-state index >= 15 is 0 Å². The quantitative estimate of drug-likeness (QED) is 0.565. The van der Waals surface area contributed by atoms with Gasteiger partial charge in [0.2, 0.25) is 0 Å². The van der Waals surface area contributed by atoms with Crippen LogP contribution in [0.1, 0.15) is 25.5 Å². The number of aromatic nitrogens is 2. The largest absolute Gasteiger partial charge is 0.262 e. The normalized spacial score (nSPS) is 13.1. The Labute approximate surface area is 101 Å². The van der Waals surface area contributed by atoms with Crippen molar-refractivity contribution in [1.29, 1.82) is 0 Å². The predicted octanol–water partition coefficient (Wildman–Crippen LogP) is 3.48. The highest BCUT2D eigenvalue weighted by molar-refractivity contribution is 7.99. The van der Waals surface area contributed by atoms with E-state index in [4.69, 9.17) is 11.6 Å². The Hall–Kier alpha value is -0.150. The van der Waals surface area contributed by atoms with E-state index in [1.807, 2.05) is 30.4 Å². The molecule has 15 heavy (non-hydrogen) atoms. The number of hydrogen-bond acceptors (Lipinski definition) is 2. The minimum atomic E-state index is 0.726. The van der Waals surface area contributed by atoms with Crippen molar-refractivity contribution in [2.75, 3.05) is 11.6 Å². The summed E-state index contributed by atoms with van der Waals surface area (Å²) >= 11 is 7.58. The zero-order chi connectivity index (χ0) is 11.3. The zero-order valence-corrected chi connectivity index (χ0v) is 11.2. The fourth-order valence-corrected chi connectivity index (χ4v) is 3.00. The van der Waals surface area contributed by atoms with Crippen molar-refractivity contribution >= 4 is 23.4 Å². The van der Waals surface area contributed by atoms with Crippen molar-refractivity contribution in [3.05, 3.63) is 11.8 Å². The molecule has 1 aromatic heterocycles. The topological polar surface area (TPSA) is 17.8 Å². The van der Waals surface area contributed by atoms with Gasteiger partial charge in [0, 0.05) is 12.9 Å². The van der Waals surface area contributed by atoms with Crippen LogP contribution in [0.5, 0.6) is 0 Å². The van der Waals surface area contributed by atoms with Crippen molar-refractivity contribution in [3.63, 3.8) is 0 Å². The van der Waals surface area contributed by atoms with Gasteiger partial charge in [-0.2, -0.15) is 5.10 Å². The third-order valence-electron chi connectivity index (χ3n) is 2.42. The third kappa shape index (κ3) is 4.47. The van der Waals surface area contributed by atoms with Crippen molar-refractivity contribution in [2.45, 2.75) is 31.7 Å². The lowest BCUT2D eigenvalue weighted by Crippen LogP contribution is -1.98. The second kappa shape index (κ2) is 6.44. The number of thioether (sulfide) groups is 1. The molecule has 0 saturated heterocycles. The summed E-state index contributed by atoms with van der Waals surface area (Å²) in [5.74, 6) is 2.65. The average Bonchev–Trinajstić information content (AvgIpc) is 2.46. The highest BCUT2D eigenvalue weighted by Gasteiger charge is 2.05. The molecule has 0 spiro atoms. The highest BCUT2D eigenvalue weighted by atomic mass is 35.5. The summed E-state index contributed by atoms with van der Waals surface area (Å²) in [6, 6.07) is 2.14. The lowest BCUT2D eigenvalue weighted by Gasteiger charge is -2.08. The molecule has 0 N–H and O–H groups in total. The van der Waals surface area contributed by atoms with Crippen LogP contribution in [0.25, 0.3) is 0 Å². The molecule has 1 atom stereocenters. The minimum absolute atomic E-state index is 0.726. The summed E-state index contributed by atoms with van der Waals surface area (Å²) in [6.07, 6.45) is 2.34. The number of alkyl halides is 1. The molecule has 0 aromatic carbocycles. The van der Waals surface area contributed by atoms with Gasteiger partial charge >= 0.3 is 0 Å². The Morgan fingerprint density at radius 1 is 1.53 bits per heavy atom. The molecule has 0 aliphatic carbocycles. The monoisotopic (exact) mass is 246 g/mol. The lowest BCUT2D eigenvalue weighted by atomic mass is 10.1. The first-order valence-electron chi connectivity index (χ1n) is 5.33. The third-order valence-corrected chi connectivity index (χ3v) is 3.76. The Balaban J connectivity index is 2.28. The van der Waals surface area contributed by atoms with Gasteiger partial charge in [-0.25, -0.2) is 0 Å². The smallest absolute Gasteiger partial charge is 0.0939 e. The Kier molecular flexibility index (Phi) is 5.54. The van der Waals surface area contributed by atoms with Gasteiger partial charge in [-0.15, -0.1) is 23.4 Å². The first-order chi connectivity index (χ1) is 7.13. The van der Waals surface area contributed by atoms with Crippen LogP contribution in [0, 0.1) is 12.8 Å². The van der Waals surface area contributed by atoms with Crippen LogP contribution >= 0.6 is 23.4 Å². The maximum absolute atomic E-state index is 5.70. The molecule has 0 fully saturated rings. The molecule has 0 bridgehead atoms. The second-order valence-corrected chi connectivity index (χ2v) is 5.46. The van der Waals surface area contributed by atoms with Gasteiger partial charge in [0.15, 0.2) is 0 Å². The SMILES string of the molecule is Cc1cc(SCCC(C)CCCl)n(C)n1. The van der Waals surface area contributed by atoms with Gasteiger partial charge in [0.1, 0.15) is 0 Å². The average molecular weight is 247 g/mol. The van der Waals surface area contributed by atoms with Crippen molar-refractivity contribution in [2.24, 2.45) is 13.0 Å². The summed E-state index contributed by atoms with van der Waals surface area (Å²) < 4.78 is 1.95. The molecule has 1 heterocycles. The number of nitrogens with zero attached hydrogens (tertiary/aromatic N) is 2. The molecule has 0 radical (unpaired) electrons. The predicted molar refractivity (Wildman–Crippen MR) is 67.8 cm³/mol. The van der Waals surface area contributed by atoms with Crippen LogP contribution in [0.3, 0.4) is 0 Å². The van der Waals surface area contributed by atoms with E-state index in [-0.39, 0.29) is 0 Å². The molecule has 4 heteroatoms. The van der Waals surface area contributed by atoms with E-state index in [0.717, 1.165) is 29.7 Å². The lowest BCUT2D eigenvalue weighted by molar-refractivity contribution is 0.551. The van der Waals surface area contributed by atoms with Gasteiger partial charge < -0.3 is 0 Å². The summed E-state index contributed by atoms with van der Waals surface area (Å²) in [5, 5.41) is 5.58. The number of rotatable bonds is 6. The Morgan fingerprint density at radius 2 is 2.27 bits per heavy atom. The van der Waals surface area contributed by atoms with Crippen LogP contribution in [0.15, 0.2) is 11.1 Å². The van der Waals surface area contributed by atoms with Gasteiger partial charge in [0.05, 0.1) is 10.7 Å². The first-order valence-corrected chi connectivity index (χ1v) is 6.85. The molecule has 1 aromatic rings. The van der Waals surface area contributed by atoms with E-state index in [1.165, 1.54) is 11.4 Å². The van der Waals surface area contributed by atoms with Gasteiger partial charge in [0.25, 0.3) is 0 Å². The van der Waals surface area contributed by atoms with Crippen molar-refractivity contribution < 1.29 is 0 Å². The number of aryl methyl sites for hydroxylation is 2. The molecule has 1 rings (SSSR count). The van der Waals surface area contributed by atoms with Crippen LogP contribution < -0.4 is 0 Å². The molecule has 0 saturated carbocycles. The van der Waals surface area contributed by atoms with Crippen LogP contribution in [0.4, 0.5) is 0 Å². The first kappa shape index (κ1) is 12.9. The number of hydrogen-bond donors (Lipinski definition) is 0. The Morgan fingerprint density at radius 3 is 2.80 bits per heavy atom. The van der Waals surface area contributed by atoms with Crippen LogP contribution in [0.2, 0.25) is 0 Å². The van der Waals surface area contributed by atoms with Crippen molar-refractivity contribution in [1.82, 2.24) is 9.78 Å². The molecule has 0 aliphatic heterocycles. The molecule has 86 valence electrons. The standard InChI is InChI=1S/C11H19ClN2S/c1-9(4-6-12)5-7-15-11-8-10(2)13-14(11)3/h8-9H,4-7H2,1-3H3. The van der Waals surface area contributed by atoms with Gasteiger partial charge in [-0.3, -0.25) is 4.68 Å². The van der Waals surface area contributed by atoms with E-state index < -0.39 is 0 Å². The van der Waals surface area contributed by atoms with Crippen molar-refractivity contribution in [3.8, 4) is 0 Å². The molecule has 1 unspecified atom stereocenters. The maximum atomic E-state index is 5.70. The Bertz CT molecular complexity index is 299. The molecular weight excluding hydrogens is 228 g/mol. The molecule has 0 amide bonds. The summed E-state index contributed by atoms with van der Waals surface area (Å²) in [6.45, 7) is 4.29. The summed E-state index contributed by atoms with van der Waals surface area (Å²) in [5.41, 5.74) is 1.09. The highest BCUT2D eigenvalue weighted by Crippen LogP contribution is 2.21. The minimum Gasteiger partial charge on any atom is -0.262 e. The van der Waals surface area contributed by atoms with Gasteiger partial charge in [-0.1, -0.05) is 6.92 Å². The maximum Gasteiger partial charge on any atom is 0.0939 e. The van der Waals surface area contributed by atoms with E-state index in [0.29, 0.717) is 0 Å². The van der Waals surface area contributed by atoms with Gasteiger partial charge in [-0.05, 0) is 37.5 Å². The van der Waals surface area contributed by atoms with Crippen LogP contribution in [-0.2, 0) is 7.05 Å². The van der Waals surface area contributed by atoms with E-state index in [2.05, 4.69) is 18.1 Å². The fraction of sp³-hybridized carbons (Fsp3) is 0.727. The van der Waals surface area contributed by atoms with E-state index in [1.54, 1.807) is 0 Å². The van der Waals surface area contributed by atoms with Crippen LogP contribution in [-0.4, -0.2) is 21.4 Å². The zero-order valence-electron chi connectivity index (χ0n) is 9.66. The molecular formula is C11H19ClN2S. The van der Waals surface area contributed by atoms with E-state index in [9.17, 15) is 0 Å². The molecule has 0 aliphatic rings. The number of halogens is 1. The fourth-order valence-electron chi connectivity index (χ4n) is 1.42. The molecule has 2 nitrogen and oxygen atoms in total. The second-order valence-electron chi connectivity index (χ2n) is 3.97. The summed E-state index contributed by atoms with van der Waals surface area (Å²) in [4.78, 5) is 0.